The van der Waals surface area contributed by atoms with Crippen LogP contribution >= 0.6 is 0 Å². The van der Waals surface area contributed by atoms with Crippen molar-refractivity contribution in [3.63, 3.8) is 0 Å². The van der Waals surface area contributed by atoms with E-state index in [1.54, 1.807) is 6.07 Å². The highest BCUT2D eigenvalue weighted by Gasteiger charge is 2.23. The molecule has 2 rings (SSSR count). The number of aliphatic hydroxyl groups excluding tert-OH is 1. The fraction of sp³-hybridized carbons (Fsp3) is 0.720. The summed E-state index contributed by atoms with van der Waals surface area (Å²) in [7, 11) is 1.94. The fourth-order valence-electron chi connectivity index (χ4n) is 4.30. The second kappa shape index (κ2) is 14.3. The zero-order valence-electron chi connectivity index (χ0n) is 19.9. The number of unbranched alkanes of at least 4 members (excludes halogenated alkanes) is 2. The summed E-state index contributed by atoms with van der Waals surface area (Å²) >= 11 is 0. The number of ether oxygens (including phenoxy) is 2. The summed E-state index contributed by atoms with van der Waals surface area (Å²) in [5.41, 5.74) is 1.01. The van der Waals surface area contributed by atoms with Crippen LogP contribution in [0, 0.1) is 0 Å². The van der Waals surface area contributed by atoms with Crippen molar-refractivity contribution < 1.29 is 24.5 Å². The predicted octanol–water partition coefficient (Wildman–Crippen LogP) is 3.31. The van der Waals surface area contributed by atoms with Gasteiger partial charge in [-0.1, -0.05) is 32.3 Å². The molecule has 1 aliphatic rings. The van der Waals surface area contributed by atoms with Crippen LogP contribution in [-0.2, 0) is 16.0 Å². The molecule has 7 heteroatoms. The number of aromatic hydroxyl groups is 1. The first-order chi connectivity index (χ1) is 15.4. The van der Waals surface area contributed by atoms with Crippen LogP contribution in [0.15, 0.2) is 18.2 Å². The number of hydrogen-bond acceptors (Lipinski definition) is 7. The molecule has 0 aromatic heterocycles. The molecule has 4 unspecified atom stereocenters. The van der Waals surface area contributed by atoms with E-state index in [9.17, 15) is 15.0 Å². The van der Waals surface area contributed by atoms with E-state index < -0.39 is 6.10 Å². The van der Waals surface area contributed by atoms with Crippen LogP contribution in [-0.4, -0.2) is 60.7 Å². The molecule has 4 atom stereocenters. The van der Waals surface area contributed by atoms with Crippen molar-refractivity contribution in [2.45, 2.75) is 96.0 Å². The van der Waals surface area contributed by atoms with Crippen molar-refractivity contribution in [2.75, 3.05) is 20.1 Å². The minimum absolute atomic E-state index is 0.0582. The molecule has 0 amide bonds. The van der Waals surface area contributed by atoms with Gasteiger partial charge in [-0.15, -0.1) is 0 Å². The minimum Gasteiger partial charge on any atom is -0.504 e. The highest BCUT2D eigenvalue weighted by atomic mass is 16.5. The van der Waals surface area contributed by atoms with Gasteiger partial charge in [0, 0.05) is 32.4 Å². The Kier molecular flexibility index (Phi) is 11.8. The topological polar surface area (TPSA) is 100 Å². The lowest BCUT2D eigenvalue weighted by Crippen LogP contribution is -2.46. The fourth-order valence-corrected chi connectivity index (χ4v) is 4.30. The lowest BCUT2D eigenvalue weighted by Gasteiger charge is -2.31. The largest absolute Gasteiger partial charge is 0.504 e. The summed E-state index contributed by atoms with van der Waals surface area (Å²) in [5, 5.41) is 27.3. The van der Waals surface area contributed by atoms with E-state index in [1.807, 2.05) is 19.2 Å². The summed E-state index contributed by atoms with van der Waals surface area (Å²) < 4.78 is 11.6. The number of aliphatic hydroxyl groups is 1. The van der Waals surface area contributed by atoms with E-state index >= 15 is 0 Å². The molecule has 32 heavy (non-hydrogen) atoms. The molecule has 1 aliphatic heterocycles. The molecule has 4 N–H and O–H groups in total. The minimum atomic E-state index is -0.463. The van der Waals surface area contributed by atoms with Crippen LogP contribution in [0.5, 0.6) is 11.5 Å². The Labute approximate surface area is 192 Å². The molecule has 0 radical (unpaired) electrons. The maximum atomic E-state index is 11.5. The normalized spacial score (nSPS) is 20.5. The number of phenols is 1. The number of benzene rings is 1. The Morgan fingerprint density at radius 3 is 2.84 bits per heavy atom. The van der Waals surface area contributed by atoms with E-state index in [4.69, 9.17) is 9.47 Å². The monoisotopic (exact) mass is 450 g/mol. The maximum absolute atomic E-state index is 11.5. The number of likely N-dealkylation sites (N-methyl/N-ethyl adjacent to an activating group) is 1. The molecule has 7 nitrogen and oxygen atoms in total. The van der Waals surface area contributed by atoms with Gasteiger partial charge < -0.3 is 30.3 Å². The Morgan fingerprint density at radius 2 is 2.12 bits per heavy atom. The quantitative estimate of drug-likeness (QED) is 0.255. The molecular formula is C25H42N2O5. The third kappa shape index (κ3) is 9.76. The Morgan fingerprint density at radius 1 is 1.31 bits per heavy atom. The molecular weight excluding hydrogens is 408 g/mol. The number of aryl methyl sites for hydroxylation is 1. The molecule has 1 aromatic rings. The average Bonchev–Trinajstić information content (AvgIpc) is 2.74. The van der Waals surface area contributed by atoms with Crippen LogP contribution in [0.1, 0.15) is 70.8 Å². The summed E-state index contributed by atoms with van der Waals surface area (Å²) in [4.78, 5) is 11.5. The highest BCUT2D eigenvalue weighted by Crippen LogP contribution is 2.30. The van der Waals surface area contributed by atoms with Gasteiger partial charge in [-0.05, 0) is 57.0 Å². The van der Waals surface area contributed by atoms with Crippen molar-refractivity contribution in [1.82, 2.24) is 10.6 Å². The maximum Gasteiger partial charge on any atom is 0.302 e. The Hall–Kier alpha value is -1.83. The summed E-state index contributed by atoms with van der Waals surface area (Å²) in [6.45, 7) is 5.31. The summed E-state index contributed by atoms with van der Waals surface area (Å²) in [6.07, 6.45) is 6.71. The van der Waals surface area contributed by atoms with Crippen molar-refractivity contribution in [1.29, 1.82) is 0 Å². The summed E-state index contributed by atoms with van der Waals surface area (Å²) in [6, 6.07) is 5.78. The first-order valence-electron chi connectivity index (χ1n) is 12.1. The van der Waals surface area contributed by atoms with Crippen molar-refractivity contribution in [2.24, 2.45) is 0 Å². The number of nitrogens with one attached hydrogen (secondary N) is 2. The number of phenolic OH excluding ortho intramolecular Hbond substituents is 1. The number of piperidine rings is 1. The van der Waals surface area contributed by atoms with Gasteiger partial charge >= 0.3 is 5.97 Å². The number of hydrogen-bond donors (Lipinski definition) is 4. The molecule has 1 saturated heterocycles. The third-order valence-corrected chi connectivity index (χ3v) is 5.98. The van der Waals surface area contributed by atoms with Gasteiger partial charge in [-0.2, -0.15) is 0 Å². The van der Waals surface area contributed by atoms with Crippen LogP contribution < -0.4 is 15.4 Å². The van der Waals surface area contributed by atoms with Crippen LogP contribution in [0.25, 0.3) is 0 Å². The first kappa shape index (κ1) is 26.4. The zero-order valence-corrected chi connectivity index (χ0v) is 19.9. The van der Waals surface area contributed by atoms with Crippen LogP contribution in [0.3, 0.4) is 0 Å². The van der Waals surface area contributed by atoms with E-state index in [0.717, 1.165) is 57.2 Å². The van der Waals surface area contributed by atoms with Crippen LogP contribution in [0.2, 0.25) is 0 Å². The van der Waals surface area contributed by atoms with Gasteiger partial charge in [0.15, 0.2) is 11.5 Å². The van der Waals surface area contributed by atoms with E-state index in [-0.39, 0.29) is 23.9 Å². The van der Waals surface area contributed by atoms with Crippen molar-refractivity contribution >= 4 is 5.97 Å². The van der Waals surface area contributed by atoms with Gasteiger partial charge in [-0.3, -0.25) is 4.79 Å². The summed E-state index contributed by atoms with van der Waals surface area (Å²) in [5.74, 6) is 0.314. The molecule has 1 heterocycles. The van der Waals surface area contributed by atoms with Crippen LogP contribution in [0.4, 0.5) is 0 Å². The molecule has 0 aliphatic carbocycles. The van der Waals surface area contributed by atoms with E-state index in [0.29, 0.717) is 31.1 Å². The second-order valence-electron chi connectivity index (χ2n) is 8.93. The number of rotatable bonds is 14. The molecule has 1 aromatic carbocycles. The van der Waals surface area contributed by atoms with Crippen molar-refractivity contribution in [3.05, 3.63) is 23.8 Å². The first-order valence-corrected chi connectivity index (χ1v) is 12.1. The Balaban J connectivity index is 1.93. The van der Waals surface area contributed by atoms with Crippen molar-refractivity contribution in [3.8, 4) is 11.5 Å². The lowest BCUT2D eigenvalue weighted by atomic mass is 9.99. The zero-order chi connectivity index (χ0) is 23.3. The van der Waals surface area contributed by atoms with Gasteiger partial charge in [-0.25, -0.2) is 0 Å². The number of carbonyl (C=O) groups is 1. The smallest absolute Gasteiger partial charge is 0.302 e. The molecule has 0 saturated carbocycles. The van der Waals surface area contributed by atoms with E-state index in [1.165, 1.54) is 6.92 Å². The SMILES string of the molecule is CCCCCC(O)CC(CCc1ccc(O)c(OC2CCNC(CNC)C2)c1)OC(C)=O. The Bertz CT molecular complexity index is 682. The van der Waals surface area contributed by atoms with Gasteiger partial charge in [0.25, 0.3) is 0 Å². The molecule has 0 spiro atoms. The van der Waals surface area contributed by atoms with E-state index in [2.05, 4.69) is 17.6 Å². The lowest BCUT2D eigenvalue weighted by molar-refractivity contribution is -0.148. The van der Waals surface area contributed by atoms with Gasteiger partial charge in [0.1, 0.15) is 12.2 Å². The second-order valence-corrected chi connectivity index (χ2v) is 8.93. The average molecular weight is 451 g/mol. The predicted molar refractivity (Wildman–Crippen MR) is 126 cm³/mol. The van der Waals surface area contributed by atoms with Gasteiger partial charge in [0.05, 0.1) is 6.10 Å². The highest BCUT2D eigenvalue weighted by molar-refractivity contribution is 5.66. The third-order valence-electron chi connectivity index (χ3n) is 5.98. The molecule has 0 bridgehead atoms. The number of esters is 1. The number of carbonyl (C=O) groups excluding carboxylic acids is 1. The van der Waals surface area contributed by atoms with Gasteiger partial charge in [0.2, 0.25) is 0 Å². The standard InChI is InChI=1S/C25H42N2O5/c1-4-5-6-7-21(29)16-22(31-18(2)28)10-8-19-9-11-24(30)25(14-19)32-23-12-13-27-20(15-23)17-26-3/h9,11,14,20-23,26-27,29-30H,4-8,10,12-13,15-17H2,1-3H3. The molecule has 182 valence electrons. The molecule has 1 fully saturated rings.